The summed E-state index contributed by atoms with van der Waals surface area (Å²) in [6.45, 7) is 0.394. The summed E-state index contributed by atoms with van der Waals surface area (Å²) in [5, 5.41) is 18.7. The van der Waals surface area contributed by atoms with E-state index in [1.54, 1.807) is 0 Å². The molecule has 2 aliphatic rings. The van der Waals surface area contributed by atoms with Crippen LogP contribution in [0, 0.1) is 0 Å². The van der Waals surface area contributed by atoms with Gasteiger partial charge in [-0.1, -0.05) is 0 Å². The van der Waals surface area contributed by atoms with Gasteiger partial charge in [-0.05, 0) is 0 Å². The molecule has 3 atom stereocenters. The molecule has 118 valence electrons. The minimum absolute atomic E-state index is 0.00441. The van der Waals surface area contributed by atoms with Crippen molar-refractivity contribution in [1.29, 1.82) is 0 Å². The van der Waals surface area contributed by atoms with Crippen molar-refractivity contribution in [3.05, 3.63) is 0 Å². The Kier molecular flexibility index (Phi) is 4.63. The zero-order valence-electron chi connectivity index (χ0n) is 11.6. The highest BCUT2D eigenvalue weighted by molar-refractivity contribution is 5.84. The Hall–Kier alpha value is -1.87. The number of carbonyl (C=O) groups excluding carboxylic acids is 2. The van der Waals surface area contributed by atoms with Crippen LogP contribution in [0.25, 0.3) is 0 Å². The van der Waals surface area contributed by atoms with E-state index in [9.17, 15) is 19.5 Å². The van der Waals surface area contributed by atoms with Crippen molar-refractivity contribution in [2.45, 2.75) is 24.7 Å². The van der Waals surface area contributed by atoms with Crippen LogP contribution < -0.4 is 0 Å². The standard InChI is InChI=1S/C12H18N2O7/c1-20-11(18)9-6-13(2-3-21-9)12(19)14-5-7(15)4-8(14)10(16)17/h7-9,15H,2-6H2,1H3,(H,16,17)/t7-,8-,9?/m1/s1. The van der Waals surface area contributed by atoms with Crippen LogP contribution in [-0.4, -0.2) is 89.6 Å². The molecule has 9 nitrogen and oxygen atoms in total. The summed E-state index contributed by atoms with van der Waals surface area (Å²) < 4.78 is 9.79. The predicted octanol–water partition coefficient (Wildman–Crippen LogP) is -1.50. The molecule has 0 aromatic carbocycles. The van der Waals surface area contributed by atoms with Crippen molar-refractivity contribution in [2.24, 2.45) is 0 Å². The molecule has 2 N–H and O–H groups in total. The minimum Gasteiger partial charge on any atom is -0.480 e. The number of carbonyl (C=O) groups is 3. The zero-order chi connectivity index (χ0) is 15.6. The van der Waals surface area contributed by atoms with Crippen molar-refractivity contribution >= 4 is 18.0 Å². The van der Waals surface area contributed by atoms with Gasteiger partial charge in [0, 0.05) is 19.5 Å². The molecule has 0 radical (unpaired) electrons. The lowest BCUT2D eigenvalue weighted by molar-refractivity contribution is -0.158. The van der Waals surface area contributed by atoms with Gasteiger partial charge in [0.1, 0.15) is 6.04 Å². The number of ether oxygens (including phenoxy) is 2. The number of carboxylic acids is 1. The summed E-state index contributed by atoms with van der Waals surface area (Å²) >= 11 is 0. The van der Waals surface area contributed by atoms with Crippen LogP contribution in [0.3, 0.4) is 0 Å². The van der Waals surface area contributed by atoms with E-state index in [0.717, 1.165) is 4.90 Å². The van der Waals surface area contributed by atoms with Gasteiger partial charge in [-0.2, -0.15) is 0 Å². The molecule has 0 spiro atoms. The lowest BCUT2D eigenvalue weighted by Gasteiger charge is -2.35. The van der Waals surface area contributed by atoms with Crippen LogP contribution in [0.4, 0.5) is 4.79 Å². The van der Waals surface area contributed by atoms with Crippen LogP contribution in [0.1, 0.15) is 6.42 Å². The first-order valence-corrected chi connectivity index (χ1v) is 6.60. The highest BCUT2D eigenvalue weighted by Gasteiger charge is 2.42. The van der Waals surface area contributed by atoms with Gasteiger partial charge in [0.05, 0.1) is 26.4 Å². The molecule has 0 saturated carbocycles. The fourth-order valence-electron chi connectivity index (χ4n) is 2.54. The third kappa shape index (κ3) is 3.24. The summed E-state index contributed by atoms with van der Waals surface area (Å²) in [4.78, 5) is 37.4. The van der Waals surface area contributed by atoms with Crippen LogP contribution in [0.2, 0.25) is 0 Å². The number of aliphatic carboxylic acids is 1. The first-order chi connectivity index (χ1) is 9.93. The Morgan fingerprint density at radius 2 is 2.00 bits per heavy atom. The van der Waals surface area contributed by atoms with Crippen LogP contribution >= 0.6 is 0 Å². The molecule has 0 aromatic rings. The Balaban J connectivity index is 2.05. The van der Waals surface area contributed by atoms with Crippen molar-refractivity contribution in [3.63, 3.8) is 0 Å². The molecular formula is C12H18N2O7. The molecule has 2 fully saturated rings. The lowest BCUT2D eigenvalue weighted by Crippen LogP contribution is -2.55. The smallest absolute Gasteiger partial charge is 0.336 e. The third-order valence-corrected chi connectivity index (χ3v) is 3.61. The maximum Gasteiger partial charge on any atom is 0.336 e. The molecule has 2 saturated heterocycles. The Morgan fingerprint density at radius 3 is 2.62 bits per heavy atom. The molecule has 0 bridgehead atoms. The van der Waals surface area contributed by atoms with E-state index in [1.165, 1.54) is 12.0 Å². The Labute approximate surface area is 121 Å². The average Bonchev–Trinajstić information content (AvgIpc) is 2.88. The second-order valence-corrected chi connectivity index (χ2v) is 5.01. The lowest BCUT2D eigenvalue weighted by atomic mass is 10.2. The van der Waals surface area contributed by atoms with E-state index >= 15 is 0 Å². The van der Waals surface area contributed by atoms with Gasteiger partial charge in [0.2, 0.25) is 0 Å². The topological polar surface area (TPSA) is 117 Å². The first kappa shape index (κ1) is 15.5. The fourth-order valence-corrected chi connectivity index (χ4v) is 2.54. The molecule has 21 heavy (non-hydrogen) atoms. The molecular weight excluding hydrogens is 284 g/mol. The normalized spacial score (nSPS) is 29.3. The molecule has 0 aliphatic carbocycles. The second-order valence-electron chi connectivity index (χ2n) is 5.01. The zero-order valence-corrected chi connectivity index (χ0v) is 11.6. The van der Waals surface area contributed by atoms with Gasteiger partial charge in [0.15, 0.2) is 6.10 Å². The van der Waals surface area contributed by atoms with Gasteiger partial charge < -0.3 is 29.5 Å². The van der Waals surface area contributed by atoms with Crippen LogP contribution in [0.15, 0.2) is 0 Å². The molecule has 2 rings (SSSR count). The largest absolute Gasteiger partial charge is 0.480 e. The summed E-state index contributed by atoms with van der Waals surface area (Å²) in [6, 6.07) is -1.57. The fraction of sp³-hybridized carbons (Fsp3) is 0.750. The van der Waals surface area contributed by atoms with Crippen molar-refractivity contribution in [3.8, 4) is 0 Å². The summed E-state index contributed by atoms with van der Waals surface area (Å²) in [7, 11) is 1.23. The number of methoxy groups -OCH3 is 1. The number of nitrogens with zero attached hydrogens (tertiary/aromatic N) is 2. The second kappa shape index (κ2) is 6.27. The summed E-state index contributed by atoms with van der Waals surface area (Å²) in [6.07, 6.45) is -1.72. The number of morpholine rings is 1. The molecule has 2 amide bonds. The van der Waals surface area contributed by atoms with E-state index < -0.39 is 36.2 Å². The number of aliphatic hydroxyl groups excluding tert-OH is 1. The number of esters is 1. The van der Waals surface area contributed by atoms with Crippen molar-refractivity contribution < 1.29 is 34.1 Å². The number of hydrogen-bond acceptors (Lipinski definition) is 6. The third-order valence-electron chi connectivity index (χ3n) is 3.61. The number of likely N-dealkylation sites (tertiary alicyclic amines) is 1. The molecule has 0 aromatic heterocycles. The number of β-amino-alcohol motifs (C(OH)–C–C–N with tert-alkyl or cyclic N) is 1. The van der Waals surface area contributed by atoms with Gasteiger partial charge in [-0.25, -0.2) is 14.4 Å². The number of aliphatic hydroxyl groups is 1. The van der Waals surface area contributed by atoms with Gasteiger partial charge in [-0.3, -0.25) is 0 Å². The van der Waals surface area contributed by atoms with Crippen molar-refractivity contribution in [1.82, 2.24) is 9.80 Å². The number of rotatable bonds is 2. The van der Waals surface area contributed by atoms with Crippen LogP contribution in [-0.2, 0) is 19.1 Å². The van der Waals surface area contributed by atoms with Crippen molar-refractivity contribution in [2.75, 3.05) is 33.4 Å². The van der Waals surface area contributed by atoms with Gasteiger partial charge in [0.25, 0.3) is 0 Å². The number of hydrogen-bond donors (Lipinski definition) is 2. The monoisotopic (exact) mass is 302 g/mol. The maximum absolute atomic E-state index is 12.4. The predicted molar refractivity (Wildman–Crippen MR) is 67.5 cm³/mol. The number of carboxylic acid groups (broad SMARTS) is 1. The van der Waals surface area contributed by atoms with E-state index in [0.29, 0.717) is 0 Å². The minimum atomic E-state index is -1.15. The molecule has 1 unspecified atom stereocenters. The molecule has 2 heterocycles. The highest BCUT2D eigenvalue weighted by atomic mass is 16.6. The summed E-state index contributed by atoms with van der Waals surface area (Å²) in [5.41, 5.74) is 0. The SMILES string of the molecule is COC(=O)C1CN(C(=O)N2C[C@H](O)C[C@@H]2C(=O)O)CCO1. The summed E-state index contributed by atoms with van der Waals surface area (Å²) in [5.74, 6) is -1.73. The van der Waals surface area contributed by atoms with E-state index in [1.807, 2.05) is 0 Å². The van der Waals surface area contributed by atoms with Gasteiger partial charge in [-0.15, -0.1) is 0 Å². The van der Waals surface area contributed by atoms with E-state index in [-0.39, 0.29) is 32.7 Å². The molecule has 9 heteroatoms. The average molecular weight is 302 g/mol. The number of amides is 2. The maximum atomic E-state index is 12.4. The first-order valence-electron chi connectivity index (χ1n) is 6.60. The van der Waals surface area contributed by atoms with E-state index in [2.05, 4.69) is 4.74 Å². The Morgan fingerprint density at radius 1 is 1.29 bits per heavy atom. The Bertz CT molecular complexity index is 441. The van der Waals surface area contributed by atoms with Gasteiger partial charge >= 0.3 is 18.0 Å². The molecule has 2 aliphatic heterocycles. The highest BCUT2D eigenvalue weighted by Crippen LogP contribution is 2.21. The van der Waals surface area contributed by atoms with E-state index in [4.69, 9.17) is 9.84 Å². The quantitative estimate of drug-likeness (QED) is 0.596. The van der Waals surface area contributed by atoms with Crippen LogP contribution in [0.5, 0.6) is 0 Å². The number of urea groups is 1.